The molecule has 1 aromatic heterocycles. The van der Waals surface area contributed by atoms with Crippen LogP contribution in [0.5, 0.6) is 0 Å². The van der Waals surface area contributed by atoms with Crippen molar-refractivity contribution in [2.24, 2.45) is 5.92 Å². The van der Waals surface area contributed by atoms with Gasteiger partial charge in [-0.05, 0) is 50.1 Å². The van der Waals surface area contributed by atoms with Crippen molar-refractivity contribution in [3.05, 3.63) is 47.7 Å². The van der Waals surface area contributed by atoms with E-state index in [0.29, 0.717) is 11.8 Å². The second kappa shape index (κ2) is 8.98. The van der Waals surface area contributed by atoms with Crippen molar-refractivity contribution in [1.82, 2.24) is 15.1 Å². The molecule has 0 spiro atoms. The molecule has 0 radical (unpaired) electrons. The molecule has 0 bridgehead atoms. The van der Waals surface area contributed by atoms with Crippen LogP contribution in [0.25, 0.3) is 0 Å². The van der Waals surface area contributed by atoms with Crippen molar-refractivity contribution < 1.29 is 9.15 Å². The normalized spacial score (nSPS) is 23.4. The average molecular weight is 370 g/mol. The van der Waals surface area contributed by atoms with Crippen LogP contribution in [-0.4, -0.2) is 41.4 Å². The average Bonchev–Trinajstić information content (AvgIpc) is 3.20. The molecule has 2 aromatic rings. The van der Waals surface area contributed by atoms with Gasteiger partial charge in [0.25, 0.3) is 0 Å². The summed E-state index contributed by atoms with van der Waals surface area (Å²) in [5.74, 6) is 2.61. The SMILES string of the molecule is C[C@H](Cc1ccccc1)CN1CCCC[C@@H]1c1nnc(C2CCOCC2)o1. The van der Waals surface area contributed by atoms with Crippen molar-refractivity contribution in [3.63, 3.8) is 0 Å². The Morgan fingerprint density at radius 2 is 1.81 bits per heavy atom. The van der Waals surface area contributed by atoms with Gasteiger partial charge in [-0.1, -0.05) is 43.7 Å². The molecule has 146 valence electrons. The molecule has 3 heterocycles. The van der Waals surface area contributed by atoms with Gasteiger partial charge in [0.1, 0.15) is 0 Å². The lowest BCUT2D eigenvalue weighted by molar-refractivity contribution is 0.0763. The Bertz CT molecular complexity index is 697. The molecule has 0 amide bonds. The van der Waals surface area contributed by atoms with Gasteiger partial charge in [0.15, 0.2) is 0 Å². The molecular weight excluding hydrogens is 338 g/mol. The molecule has 27 heavy (non-hydrogen) atoms. The van der Waals surface area contributed by atoms with Gasteiger partial charge in [-0.15, -0.1) is 10.2 Å². The Kier molecular flexibility index (Phi) is 6.20. The Labute approximate surface area is 162 Å². The van der Waals surface area contributed by atoms with Crippen LogP contribution in [-0.2, 0) is 11.2 Å². The van der Waals surface area contributed by atoms with Crippen molar-refractivity contribution in [2.45, 2.75) is 57.4 Å². The smallest absolute Gasteiger partial charge is 0.233 e. The predicted octanol–water partition coefficient (Wildman–Crippen LogP) is 4.37. The molecule has 2 aliphatic heterocycles. The Balaban J connectivity index is 1.40. The molecule has 2 atom stereocenters. The summed E-state index contributed by atoms with van der Waals surface area (Å²) in [5, 5.41) is 8.85. The highest BCUT2D eigenvalue weighted by Gasteiger charge is 2.31. The van der Waals surface area contributed by atoms with E-state index in [1.54, 1.807) is 0 Å². The zero-order valence-electron chi connectivity index (χ0n) is 16.3. The maximum atomic E-state index is 6.17. The highest BCUT2D eigenvalue weighted by molar-refractivity contribution is 5.15. The summed E-state index contributed by atoms with van der Waals surface area (Å²) < 4.78 is 11.6. The molecule has 5 nitrogen and oxygen atoms in total. The van der Waals surface area contributed by atoms with E-state index in [-0.39, 0.29) is 6.04 Å². The van der Waals surface area contributed by atoms with Crippen LogP contribution in [0.1, 0.15) is 68.3 Å². The van der Waals surface area contributed by atoms with Gasteiger partial charge in [0.2, 0.25) is 11.8 Å². The molecule has 5 heteroatoms. The number of ether oxygens (including phenoxy) is 1. The van der Waals surface area contributed by atoms with Gasteiger partial charge >= 0.3 is 0 Å². The van der Waals surface area contributed by atoms with Crippen molar-refractivity contribution in [2.75, 3.05) is 26.3 Å². The quantitative estimate of drug-likeness (QED) is 0.757. The summed E-state index contributed by atoms with van der Waals surface area (Å²) >= 11 is 0. The fourth-order valence-electron chi connectivity index (χ4n) is 4.46. The van der Waals surface area contributed by atoms with E-state index < -0.39 is 0 Å². The molecule has 2 saturated heterocycles. The number of nitrogens with zero attached hydrogens (tertiary/aromatic N) is 3. The number of rotatable bonds is 6. The number of hydrogen-bond acceptors (Lipinski definition) is 5. The molecular formula is C22H31N3O2. The zero-order valence-corrected chi connectivity index (χ0v) is 16.3. The molecule has 1 aromatic carbocycles. The van der Waals surface area contributed by atoms with Crippen LogP contribution < -0.4 is 0 Å². The van der Waals surface area contributed by atoms with Crippen LogP contribution in [0, 0.1) is 5.92 Å². The van der Waals surface area contributed by atoms with E-state index in [9.17, 15) is 0 Å². The largest absolute Gasteiger partial charge is 0.423 e. The second-order valence-corrected chi connectivity index (χ2v) is 8.17. The molecule has 0 N–H and O–H groups in total. The third-order valence-electron chi connectivity index (χ3n) is 5.90. The molecule has 0 saturated carbocycles. The summed E-state index contributed by atoms with van der Waals surface area (Å²) in [6.07, 6.45) is 6.71. The summed E-state index contributed by atoms with van der Waals surface area (Å²) in [4.78, 5) is 2.57. The summed E-state index contributed by atoms with van der Waals surface area (Å²) in [7, 11) is 0. The molecule has 0 unspecified atom stereocenters. The summed E-state index contributed by atoms with van der Waals surface area (Å²) in [6.45, 7) is 6.15. The Morgan fingerprint density at radius 3 is 2.63 bits per heavy atom. The first kappa shape index (κ1) is 18.6. The van der Waals surface area contributed by atoms with Crippen LogP contribution in [0.2, 0.25) is 0 Å². The van der Waals surface area contributed by atoms with E-state index >= 15 is 0 Å². The van der Waals surface area contributed by atoms with Gasteiger partial charge in [-0.3, -0.25) is 4.90 Å². The van der Waals surface area contributed by atoms with Crippen LogP contribution in [0.15, 0.2) is 34.7 Å². The van der Waals surface area contributed by atoms with E-state index in [4.69, 9.17) is 9.15 Å². The number of likely N-dealkylation sites (tertiary alicyclic amines) is 1. The molecule has 0 aliphatic carbocycles. The van der Waals surface area contributed by atoms with Gasteiger partial charge in [0.05, 0.1) is 6.04 Å². The fraction of sp³-hybridized carbons (Fsp3) is 0.636. The number of hydrogen-bond donors (Lipinski definition) is 0. The number of piperidine rings is 1. The Hall–Kier alpha value is -1.72. The van der Waals surface area contributed by atoms with Crippen LogP contribution in [0.3, 0.4) is 0 Å². The van der Waals surface area contributed by atoms with E-state index in [1.165, 1.54) is 18.4 Å². The third-order valence-corrected chi connectivity index (χ3v) is 5.90. The van der Waals surface area contributed by atoms with E-state index in [2.05, 4.69) is 52.4 Å². The summed E-state index contributed by atoms with van der Waals surface area (Å²) in [6, 6.07) is 11.1. The lowest BCUT2D eigenvalue weighted by atomic mass is 9.96. The predicted molar refractivity (Wildman–Crippen MR) is 105 cm³/mol. The first-order valence-electron chi connectivity index (χ1n) is 10.5. The standard InChI is InChI=1S/C22H31N3O2/c1-17(15-18-7-3-2-4-8-18)16-25-12-6-5-9-20(25)22-24-23-21(27-22)19-10-13-26-14-11-19/h2-4,7-8,17,19-20H,5-6,9-16H2,1H3/t17-,20-/m1/s1. The van der Waals surface area contributed by atoms with E-state index in [0.717, 1.165) is 63.8 Å². The first-order chi connectivity index (χ1) is 13.3. The van der Waals surface area contributed by atoms with Crippen molar-refractivity contribution >= 4 is 0 Å². The number of benzene rings is 1. The lowest BCUT2D eigenvalue weighted by Crippen LogP contribution is -2.37. The topological polar surface area (TPSA) is 51.4 Å². The molecule has 2 aliphatic rings. The minimum atomic E-state index is 0.276. The maximum Gasteiger partial charge on any atom is 0.233 e. The molecule has 4 rings (SSSR count). The first-order valence-corrected chi connectivity index (χ1v) is 10.5. The summed E-state index contributed by atoms with van der Waals surface area (Å²) in [5.41, 5.74) is 1.41. The fourth-order valence-corrected chi connectivity index (χ4v) is 4.46. The highest BCUT2D eigenvalue weighted by atomic mass is 16.5. The van der Waals surface area contributed by atoms with Crippen LogP contribution in [0.4, 0.5) is 0 Å². The van der Waals surface area contributed by atoms with Gasteiger partial charge in [0, 0.05) is 25.7 Å². The Morgan fingerprint density at radius 1 is 1.04 bits per heavy atom. The van der Waals surface area contributed by atoms with Crippen molar-refractivity contribution in [1.29, 1.82) is 0 Å². The highest BCUT2D eigenvalue weighted by Crippen LogP contribution is 2.33. The van der Waals surface area contributed by atoms with Gasteiger partial charge in [-0.25, -0.2) is 0 Å². The minimum absolute atomic E-state index is 0.276. The van der Waals surface area contributed by atoms with Crippen LogP contribution >= 0.6 is 0 Å². The van der Waals surface area contributed by atoms with E-state index in [1.807, 2.05) is 0 Å². The van der Waals surface area contributed by atoms with Gasteiger partial charge < -0.3 is 9.15 Å². The molecule has 2 fully saturated rings. The number of aromatic nitrogens is 2. The van der Waals surface area contributed by atoms with Gasteiger partial charge in [-0.2, -0.15) is 0 Å². The zero-order chi connectivity index (χ0) is 18.5. The van der Waals surface area contributed by atoms with Crippen molar-refractivity contribution in [3.8, 4) is 0 Å². The lowest BCUT2D eigenvalue weighted by Gasteiger charge is -2.35. The minimum Gasteiger partial charge on any atom is -0.423 e. The maximum absolute atomic E-state index is 6.17. The second-order valence-electron chi connectivity index (χ2n) is 8.17. The monoisotopic (exact) mass is 369 g/mol. The third kappa shape index (κ3) is 4.77.